The highest BCUT2D eigenvalue weighted by molar-refractivity contribution is 5.77. The first-order valence-electron chi connectivity index (χ1n) is 3.68. The number of allylic oxidation sites excluding steroid dienone is 1. The van der Waals surface area contributed by atoms with Crippen molar-refractivity contribution in [2.45, 2.75) is 20.8 Å². The Balaban J connectivity index is 4.05. The first-order valence-corrected chi connectivity index (χ1v) is 3.68. The molecule has 0 spiro atoms. The lowest BCUT2D eigenvalue weighted by Gasteiger charge is -2.19. The number of rotatable bonds is 4. The molecular weight excluding hydrogens is 140 g/mol. The lowest BCUT2D eigenvalue weighted by Crippen LogP contribution is -2.26. The van der Waals surface area contributed by atoms with Crippen molar-refractivity contribution < 1.29 is 9.53 Å². The van der Waals surface area contributed by atoms with Gasteiger partial charge in [0.05, 0.1) is 12.0 Å². The third kappa shape index (κ3) is 3.21. The number of esters is 1. The Kier molecular flexibility index (Phi) is 3.86. The summed E-state index contributed by atoms with van der Waals surface area (Å²) >= 11 is 0. The SMILES string of the molecule is C=C[CH]C(C)(C)C(=O)OCC. The van der Waals surface area contributed by atoms with Gasteiger partial charge >= 0.3 is 5.97 Å². The Hall–Kier alpha value is -0.790. The second kappa shape index (κ2) is 4.16. The van der Waals surface area contributed by atoms with E-state index >= 15 is 0 Å². The summed E-state index contributed by atoms with van der Waals surface area (Å²) in [5.74, 6) is -0.208. The maximum Gasteiger partial charge on any atom is 0.312 e. The number of hydrogen-bond acceptors (Lipinski definition) is 2. The van der Waals surface area contributed by atoms with Gasteiger partial charge in [-0.1, -0.05) is 6.08 Å². The second-order valence-electron chi connectivity index (χ2n) is 2.84. The topological polar surface area (TPSA) is 26.3 Å². The van der Waals surface area contributed by atoms with Gasteiger partial charge in [0, 0.05) is 0 Å². The lowest BCUT2D eigenvalue weighted by molar-refractivity contribution is -0.151. The zero-order valence-electron chi connectivity index (χ0n) is 7.39. The normalized spacial score (nSPS) is 10.8. The highest BCUT2D eigenvalue weighted by Gasteiger charge is 2.27. The van der Waals surface area contributed by atoms with Gasteiger partial charge in [-0.25, -0.2) is 0 Å². The Morgan fingerprint density at radius 2 is 2.18 bits per heavy atom. The largest absolute Gasteiger partial charge is 0.466 e. The van der Waals surface area contributed by atoms with Gasteiger partial charge in [-0.05, 0) is 27.2 Å². The number of carbonyl (C=O) groups is 1. The molecule has 0 saturated heterocycles. The van der Waals surface area contributed by atoms with E-state index in [1.807, 2.05) is 0 Å². The average molecular weight is 155 g/mol. The minimum atomic E-state index is -0.544. The van der Waals surface area contributed by atoms with Gasteiger partial charge < -0.3 is 4.74 Å². The van der Waals surface area contributed by atoms with Crippen molar-refractivity contribution in [2.75, 3.05) is 6.61 Å². The van der Waals surface area contributed by atoms with Gasteiger partial charge in [0.25, 0.3) is 0 Å². The predicted octanol–water partition coefficient (Wildman–Crippen LogP) is 1.97. The summed E-state index contributed by atoms with van der Waals surface area (Å²) in [6.45, 7) is 9.34. The van der Waals surface area contributed by atoms with Crippen LogP contribution in [-0.4, -0.2) is 12.6 Å². The van der Waals surface area contributed by atoms with Gasteiger partial charge in [0.1, 0.15) is 0 Å². The summed E-state index contributed by atoms with van der Waals surface area (Å²) in [5.41, 5.74) is -0.544. The van der Waals surface area contributed by atoms with Crippen LogP contribution in [0.5, 0.6) is 0 Å². The van der Waals surface area contributed by atoms with Crippen molar-refractivity contribution in [2.24, 2.45) is 5.41 Å². The molecule has 0 atom stereocenters. The van der Waals surface area contributed by atoms with Gasteiger partial charge in [-0.3, -0.25) is 4.79 Å². The summed E-state index contributed by atoms with van der Waals surface area (Å²) in [5, 5.41) is 0. The van der Waals surface area contributed by atoms with E-state index in [1.54, 1.807) is 33.3 Å². The molecule has 2 nitrogen and oxygen atoms in total. The van der Waals surface area contributed by atoms with Crippen LogP contribution >= 0.6 is 0 Å². The molecule has 0 aliphatic carbocycles. The molecule has 0 aliphatic heterocycles. The van der Waals surface area contributed by atoms with E-state index in [2.05, 4.69) is 6.58 Å². The van der Waals surface area contributed by atoms with E-state index in [0.717, 1.165) is 0 Å². The summed E-state index contributed by atoms with van der Waals surface area (Å²) in [6, 6.07) is 0. The van der Waals surface area contributed by atoms with E-state index in [-0.39, 0.29) is 5.97 Å². The van der Waals surface area contributed by atoms with Gasteiger partial charge in [0.2, 0.25) is 0 Å². The maximum atomic E-state index is 11.2. The molecule has 0 heterocycles. The smallest absolute Gasteiger partial charge is 0.312 e. The quantitative estimate of drug-likeness (QED) is 0.580. The van der Waals surface area contributed by atoms with Crippen molar-refractivity contribution in [1.82, 2.24) is 0 Å². The van der Waals surface area contributed by atoms with E-state index in [9.17, 15) is 4.79 Å². The third-order valence-corrected chi connectivity index (χ3v) is 1.34. The van der Waals surface area contributed by atoms with E-state index in [4.69, 9.17) is 4.74 Å². The van der Waals surface area contributed by atoms with E-state index in [1.165, 1.54) is 0 Å². The summed E-state index contributed by atoms with van der Waals surface area (Å²) < 4.78 is 4.84. The molecule has 0 saturated carbocycles. The maximum absolute atomic E-state index is 11.2. The van der Waals surface area contributed by atoms with Crippen LogP contribution in [0.15, 0.2) is 12.7 Å². The fourth-order valence-corrected chi connectivity index (χ4v) is 0.680. The monoisotopic (exact) mass is 155 g/mol. The van der Waals surface area contributed by atoms with Crippen molar-refractivity contribution >= 4 is 5.97 Å². The van der Waals surface area contributed by atoms with Crippen LogP contribution in [0.1, 0.15) is 20.8 Å². The summed E-state index contributed by atoms with van der Waals surface area (Å²) in [6.07, 6.45) is 3.34. The van der Waals surface area contributed by atoms with Gasteiger partial charge in [-0.15, -0.1) is 6.58 Å². The standard InChI is InChI=1S/C9H15O2/c1-5-7-9(3,4)8(10)11-6-2/h5,7H,1,6H2,2-4H3. The van der Waals surface area contributed by atoms with Crippen LogP contribution in [0.4, 0.5) is 0 Å². The molecule has 2 heteroatoms. The van der Waals surface area contributed by atoms with Crippen LogP contribution in [0.25, 0.3) is 0 Å². The van der Waals surface area contributed by atoms with Crippen molar-refractivity contribution in [3.05, 3.63) is 19.1 Å². The number of hydrogen-bond donors (Lipinski definition) is 0. The predicted molar refractivity (Wildman–Crippen MR) is 44.9 cm³/mol. The van der Waals surface area contributed by atoms with Crippen LogP contribution < -0.4 is 0 Å². The molecule has 0 unspecified atom stereocenters. The minimum absolute atomic E-state index is 0.208. The fraction of sp³-hybridized carbons (Fsp3) is 0.556. The Morgan fingerprint density at radius 1 is 1.64 bits per heavy atom. The number of carbonyl (C=O) groups excluding carboxylic acids is 1. The molecular formula is C9H15O2. The second-order valence-corrected chi connectivity index (χ2v) is 2.84. The fourth-order valence-electron chi connectivity index (χ4n) is 0.680. The van der Waals surface area contributed by atoms with Crippen LogP contribution in [0.2, 0.25) is 0 Å². The van der Waals surface area contributed by atoms with Gasteiger partial charge in [-0.2, -0.15) is 0 Å². The Morgan fingerprint density at radius 3 is 2.55 bits per heavy atom. The molecule has 1 radical (unpaired) electrons. The third-order valence-electron chi connectivity index (χ3n) is 1.34. The van der Waals surface area contributed by atoms with Crippen LogP contribution in [-0.2, 0) is 9.53 Å². The van der Waals surface area contributed by atoms with Crippen LogP contribution in [0, 0.1) is 11.8 Å². The molecule has 0 N–H and O–H groups in total. The Labute approximate surface area is 68.2 Å². The first kappa shape index (κ1) is 10.2. The lowest BCUT2D eigenvalue weighted by atomic mass is 9.90. The summed E-state index contributed by atoms with van der Waals surface area (Å²) in [7, 11) is 0. The minimum Gasteiger partial charge on any atom is -0.466 e. The van der Waals surface area contributed by atoms with E-state index < -0.39 is 5.41 Å². The average Bonchev–Trinajstić information content (AvgIpc) is 1.88. The van der Waals surface area contributed by atoms with Crippen LogP contribution in [0.3, 0.4) is 0 Å². The van der Waals surface area contributed by atoms with Crippen molar-refractivity contribution in [3.8, 4) is 0 Å². The molecule has 11 heavy (non-hydrogen) atoms. The highest BCUT2D eigenvalue weighted by atomic mass is 16.5. The zero-order valence-corrected chi connectivity index (χ0v) is 7.39. The molecule has 0 aromatic heterocycles. The molecule has 0 aromatic rings. The molecule has 63 valence electrons. The van der Waals surface area contributed by atoms with Gasteiger partial charge in [0.15, 0.2) is 0 Å². The molecule has 0 aromatic carbocycles. The van der Waals surface area contributed by atoms with E-state index in [0.29, 0.717) is 6.61 Å². The molecule has 0 amide bonds. The molecule has 0 bridgehead atoms. The molecule has 0 fully saturated rings. The summed E-state index contributed by atoms with van der Waals surface area (Å²) in [4.78, 5) is 11.2. The highest BCUT2D eigenvalue weighted by Crippen LogP contribution is 2.21. The van der Waals surface area contributed by atoms with Crippen molar-refractivity contribution in [1.29, 1.82) is 0 Å². The number of ether oxygens (including phenoxy) is 1. The Bertz CT molecular complexity index is 148. The molecule has 0 rings (SSSR count). The molecule has 0 aliphatic rings. The zero-order chi connectivity index (χ0) is 8.91. The first-order chi connectivity index (χ1) is 5.04. The van der Waals surface area contributed by atoms with Crippen molar-refractivity contribution in [3.63, 3.8) is 0 Å².